The lowest BCUT2D eigenvalue weighted by Gasteiger charge is -2.34. The molecule has 0 radical (unpaired) electrons. The Hall–Kier alpha value is -0.530. The van der Waals surface area contributed by atoms with Gasteiger partial charge in [-0.2, -0.15) is 0 Å². The van der Waals surface area contributed by atoms with Crippen molar-refractivity contribution >= 4 is 5.91 Å². The highest BCUT2D eigenvalue weighted by Crippen LogP contribution is 2.28. The van der Waals surface area contributed by atoms with Crippen LogP contribution in [-0.2, 0) is 4.79 Å². The molecule has 2 nitrogen and oxygen atoms in total. The summed E-state index contributed by atoms with van der Waals surface area (Å²) in [6, 6.07) is 0. The fraction of sp³-hybridized carbons (Fsp3) is 0.938. The van der Waals surface area contributed by atoms with E-state index in [-0.39, 0.29) is 0 Å². The molecule has 2 aliphatic rings. The first kappa shape index (κ1) is 13.9. The maximum absolute atomic E-state index is 12.6. The third-order valence-electron chi connectivity index (χ3n) is 4.95. The summed E-state index contributed by atoms with van der Waals surface area (Å²) >= 11 is 0. The molecule has 0 bridgehead atoms. The summed E-state index contributed by atoms with van der Waals surface area (Å²) in [6.07, 6.45) is 9.86. The summed E-state index contributed by atoms with van der Waals surface area (Å²) < 4.78 is 0. The van der Waals surface area contributed by atoms with Crippen molar-refractivity contribution in [1.82, 2.24) is 4.90 Å². The van der Waals surface area contributed by atoms with Crippen LogP contribution in [0.1, 0.15) is 65.2 Å². The molecular weight excluding hydrogens is 222 g/mol. The normalized spacial score (nSPS) is 31.8. The lowest BCUT2D eigenvalue weighted by atomic mass is 9.85. The van der Waals surface area contributed by atoms with Crippen LogP contribution < -0.4 is 0 Å². The molecule has 1 saturated carbocycles. The largest absolute Gasteiger partial charge is 0.342 e. The second-order valence-electron chi connectivity index (χ2n) is 6.67. The summed E-state index contributed by atoms with van der Waals surface area (Å²) in [5.74, 6) is 2.44. The van der Waals surface area contributed by atoms with E-state index in [1.807, 2.05) is 0 Å². The standard InChI is InChI=1S/C16H29NO/c1-13-5-3-4-6-15(8-7-13)16(18)17-11-9-14(2)10-12-17/h13-15H,3-12H2,1-2H3. The average Bonchev–Trinajstić information content (AvgIpc) is 2.35. The second kappa shape index (κ2) is 6.58. The van der Waals surface area contributed by atoms with Gasteiger partial charge in [-0.1, -0.05) is 33.1 Å². The maximum Gasteiger partial charge on any atom is 0.225 e. The first-order valence-corrected chi connectivity index (χ1v) is 7.95. The highest BCUT2D eigenvalue weighted by Gasteiger charge is 2.27. The van der Waals surface area contributed by atoms with Crippen LogP contribution in [0.25, 0.3) is 0 Å². The zero-order chi connectivity index (χ0) is 13.0. The van der Waals surface area contributed by atoms with E-state index in [0.717, 1.165) is 37.8 Å². The highest BCUT2D eigenvalue weighted by atomic mass is 16.2. The average molecular weight is 251 g/mol. The molecule has 0 aromatic heterocycles. The number of nitrogens with zero attached hydrogens (tertiary/aromatic N) is 1. The Morgan fingerprint density at radius 2 is 1.44 bits per heavy atom. The van der Waals surface area contributed by atoms with Crippen LogP contribution >= 0.6 is 0 Å². The number of rotatable bonds is 1. The highest BCUT2D eigenvalue weighted by molar-refractivity contribution is 5.78. The molecule has 1 aliphatic heterocycles. The fourth-order valence-electron chi connectivity index (χ4n) is 3.39. The molecule has 2 fully saturated rings. The zero-order valence-corrected chi connectivity index (χ0v) is 12.2. The van der Waals surface area contributed by atoms with Crippen molar-refractivity contribution < 1.29 is 4.79 Å². The molecule has 1 saturated heterocycles. The van der Waals surface area contributed by atoms with Crippen molar-refractivity contribution in [2.75, 3.05) is 13.1 Å². The van der Waals surface area contributed by atoms with Gasteiger partial charge in [-0.15, -0.1) is 0 Å². The Kier molecular flexibility index (Phi) is 5.08. The van der Waals surface area contributed by atoms with E-state index in [0.29, 0.717) is 11.8 Å². The van der Waals surface area contributed by atoms with E-state index in [9.17, 15) is 4.79 Å². The molecule has 1 aliphatic carbocycles. The molecule has 1 heterocycles. The minimum Gasteiger partial charge on any atom is -0.342 e. The van der Waals surface area contributed by atoms with E-state index in [1.165, 1.54) is 38.5 Å². The molecule has 18 heavy (non-hydrogen) atoms. The molecule has 2 atom stereocenters. The number of hydrogen-bond donors (Lipinski definition) is 0. The number of likely N-dealkylation sites (tertiary alicyclic amines) is 1. The second-order valence-corrected chi connectivity index (χ2v) is 6.67. The Morgan fingerprint density at radius 1 is 0.833 bits per heavy atom. The molecular formula is C16H29NO. The summed E-state index contributed by atoms with van der Waals surface area (Å²) in [5, 5.41) is 0. The van der Waals surface area contributed by atoms with Crippen LogP contribution in [0.2, 0.25) is 0 Å². The van der Waals surface area contributed by atoms with Crippen LogP contribution in [-0.4, -0.2) is 23.9 Å². The van der Waals surface area contributed by atoms with E-state index < -0.39 is 0 Å². The van der Waals surface area contributed by atoms with E-state index >= 15 is 0 Å². The van der Waals surface area contributed by atoms with Crippen molar-refractivity contribution in [3.63, 3.8) is 0 Å². The van der Waals surface area contributed by atoms with Gasteiger partial charge in [-0.05, 0) is 43.9 Å². The lowest BCUT2D eigenvalue weighted by molar-refractivity contribution is -0.137. The Balaban J connectivity index is 1.86. The quantitative estimate of drug-likeness (QED) is 0.693. The van der Waals surface area contributed by atoms with Gasteiger partial charge in [0.15, 0.2) is 0 Å². The topological polar surface area (TPSA) is 20.3 Å². The predicted octanol–water partition coefficient (Wildman–Crippen LogP) is 3.85. The lowest BCUT2D eigenvalue weighted by Crippen LogP contribution is -2.41. The van der Waals surface area contributed by atoms with Crippen LogP contribution in [0.4, 0.5) is 0 Å². The van der Waals surface area contributed by atoms with Crippen molar-refractivity contribution in [3.05, 3.63) is 0 Å². The Labute approximate surface area is 112 Å². The number of hydrogen-bond acceptors (Lipinski definition) is 1. The minimum absolute atomic E-state index is 0.334. The number of carbonyl (C=O) groups excluding carboxylic acids is 1. The third kappa shape index (κ3) is 3.73. The summed E-state index contributed by atoms with van der Waals surface area (Å²) in [7, 11) is 0. The summed E-state index contributed by atoms with van der Waals surface area (Å²) in [6.45, 7) is 6.66. The zero-order valence-electron chi connectivity index (χ0n) is 12.2. The van der Waals surface area contributed by atoms with E-state index in [1.54, 1.807) is 0 Å². The van der Waals surface area contributed by atoms with Crippen LogP contribution in [0.3, 0.4) is 0 Å². The van der Waals surface area contributed by atoms with Crippen molar-refractivity contribution in [3.8, 4) is 0 Å². The van der Waals surface area contributed by atoms with Gasteiger partial charge in [0.05, 0.1) is 0 Å². The molecule has 0 spiro atoms. The first-order valence-electron chi connectivity index (χ1n) is 7.95. The molecule has 2 unspecified atom stereocenters. The molecule has 0 aromatic rings. The number of amides is 1. The van der Waals surface area contributed by atoms with E-state index in [4.69, 9.17) is 0 Å². The summed E-state index contributed by atoms with van der Waals surface area (Å²) in [4.78, 5) is 14.7. The van der Waals surface area contributed by atoms with Gasteiger partial charge in [0.25, 0.3) is 0 Å². The van der Waals surface area contributed by atoms with Crippen LogP contribution in [0.15, 0.2) is 0 Å². The van der Waals surface area contributed by atoms with Crippen molar-refractivity contribution in [2.24, 2.45) is 17.8 Å². The smallest absolute Gasteiger partial charge is 0.225 e. The minimum atomic E-state index is 0.334. The first-order chi connectivity index (χ1) is 8.66. The molecule has 0 N–H and O–H groups in total. The predicted molar refractivity (Wildman–Crippen MR) is 75.3 cm³/mol. The molecule has 0 aromatic carbocycles. The number of carbonyl (C=O) groups is 1. The molecule has 2 heteroatoms. The van der Waals surface area contributed by atoms with E-state index in [2.05, 4.69) is 18.7 Å². The monoisotopic (exact) mass is 251 g/mol. The van der Waals surface area contributed by atoms with Gasteiger partial charge in [0.1, 0.15) is 0 Å². The van der Waals surface area contributed by atoms with Gasteiger partial charge >= 0.3 is 0 Å². The third-order valence-corrected chi connectivity index (χ3v) is 4.95. The van der Waals surface area contributed by atoms with Crippen LogP contribution in [0, 0.1) is 17.8 Å². The van der Waals surface area contributed by atoms with Crippen molar-refractivity contribution in [1.29, 1.82) is 0 Å². The Morgan fingerprint density at radius 3 is 2.17 bits per heavy atom. The number of piperidine rings is 1. The van der Waals surface area contributed by atoms with Gasteiger partial charge < -0.3 is 4.90 Å². The van der Waals surface area contributed by atoms with Gasteiger partial charge in [0, 0.05) is 19.0 Å². The molecule has 1 amide bonds. The van der Waals surface area contributed by atoms with Gasteiger partial charge in [0.2, 0.25) is 5.91 Å². The summed E-state index contributed by atoms with van der Waals surface area (Å²) in [5.41, 5.74) is 0. The van der Waals surface area contributed by atoms with Gasteiger partial charge in [-0.3, -0.25) is 4.79 Å². The fourth-order valence-corrected chi connectivity index (χ4v) is 3.39. The molecule has 2 rings (SSSR count). The molecule has 104 valence electrons. The SMILES string of the molecule is CC1CCCCC(C(=O)N2CCC(C)CC2)CC1. The maximum atomic E-state index is 12.6. The van der Waals surface area contributed by atoms with Crippen LogP contribution in [0.5, 0.6) is 0 Å². The van der Waals surface area contributed by atoms with Crippen molar-refractivity contribution in [2.45, 2.75) is 65.2 Å². The Bertz CT molecular complexity index is 268. The van der Waals surface area contributed by atoms with Gasteiger partial charge in [-0.25, -0.2) is 0 Å².